The quantitative estimate of drug-likeness (QED) is 0.812. The van der Waals surface area contributed by atoms with Crippen LogP contribution in [-0.4, -0.2) is 22.7 Å². The maximum atomic E-state index is 12.0. The maximum Gasteiger partial charge on any atom is 0.223 e. The molecule has 2 rings (SSSR count). The van der Waals surface area contributed by atoms with Crippen molar-refractivity contribution in [3.8, 4) is 0 Å². The molecule has 2 aliphatic carbocycles. The van der Waals surface area contributed by atoms with Gasteiger partial charge in [-0.3, -0.25) is 4.79 Å². The molecule has 3 unspecified atom stereocenters. The largest absolute Gasteiger partial charge is 0.389 e. The second-order valence-electron chi connectivity index (χ2n) is 6.68. The van der Waals surface area contributed by atoms with Gasteiger partial charge in [0.05, 0.1) is 12.0 Å². The zero-order valence-corrected chi connectivity index (χ0v) is 11.7. The third kappa shape index (κ3) is 3.47. The van der Waals surface area contributed by atoms with Gasteiger partial charge in [0.2, 0.25) is 5.91 Å². The van der Waals surface area contributed by atoms with E-state index in [1.807, 2.05) is 0 Å². The van der Waals surface area contributed by atoms with Crippen LogP contribution in [0.15, 0.2) is 0 Å². The average molecular weight is 253 g/mol. The molecule has 3 atom stereocenters. The fraction of sp³-hybridized carbons (Fsp3) is 0.933. The standard InChI is InChI=1S/C15H27NO2/c1-11-5-6-13(12(2)9-11)16-14(17)10-15(18)7-3-4-8-15/h11-13,18H,3-10H2,1-2H3,(H,16,17). The number of carbonyl (C=O) groups is 1. The van der Waals surface area contributed by atoms with Crippen LogP contribution in [0.4, 0.5) is 0 Å². The summed E-state index contributed by atoms with van der Waals surface area (Å²) in [6, 6.07) is 0.318. The fourth-order valence-corrected chi connectivity index (χ4v) is 3.65. The van der Waals surface area contributed by atoms with Gasteiger partial charge in [0, 0.05) is 6.04 Å². The summed E-state index contributed by atoms with van der Waals surface area (Å²) < 4.78 is 0. The van der Waals surface area contributed by atoms with Crippen molar-refractivity contribution in [3.63, 3.8) is 0 Å². The third-order valence-electron chi connectivity index (χ3n) is 4.80. The lowest BCUT2D eigenvalue weighted by molar-refractivity contribution is -0.127. The van der Waals surface area contributed by atoms with E-state index in [0.29, 0.717) is 18.4 Å². The van der Waals surface area contributed by atoms with Crippen molar-refractivity contribution < 1.29 is 9.90 Å². The minimum absolute atomic E-state index is 0.0470. The van der Waals surface area contributed by atoms with Gasteiger partial charge in [-0.15, -0.1) is 0 Å². The second kappa shape index (κ2) is 5.60. The molecule has 2 saturated carbocycles. The average Bonchev–Trinajstić information content (AvgIpc) is 2.69. The Labute approximate surface area is 110 Å². The minimum Gasteiger partial charge on any atom is -0.389 e. The summed E-state index contributed by atoms with van der Waals surface area (Å²) in [4.78, 5) is 12.0. The molecule has 0 aromatic carbocycles. The molecule has 0 radical (unpaired) electrons. The van der Waals surface area contributed by atoms with Gasteiger partial charge in [0.1, 0.15) is 0 Å². The van der Waals surface area contributed by atoms with E-state index in [2.05, 4.69) is 19.2 Å². The van der Waals surface area contributed by atoms with Crippen LogP contribution in [0.2, 0.25) is 0 Å². The first-order valence-corrected chi connectivity index (χ1v) is 7.50. The normalized spacial score (nSPS) is 35.4. The highest BCUT2D eigenvalue weighted by molar-refractivity contribution is 5.77. The van der Waals surface area contributed by atoms with Crippen molar-refractivity contribution >= 4 is 5.91 Å². The fourth-order valence-electron chi connectivity index (χ4n) is 3.65. The van der Waals surface area contributed by atoms with Crippen molar-refractivity contribution in [1.82, 2.24) is 5.32 Å². The Hall–Kier alpha value is -0.570. The van der Waals surface area contributed by atoms with Gasteiger partial charge in [0.15, 0.2) is 0 Å². The second-order valence-corrected chi connectivity index (χ2v) is 6.68. The van der Waals surface area contributed by atoms with Gasteiger partial charge >= 0.3 is 0 Å². The summed E-state index contributed by atoms with van der Waals surface area (Å²) in [5, 5.41) is 13.4. The Morgan fingerprint density at radius 2 is 1.94 bits per heavy atom. The first-order valence-electron chi connectivity index (χ1n) is 7.50. The van der Waals surface area contributed by atoms with Crippen LogP contribution in [0.25, 0.3) is 0 Å². The molecule has 0 aromatic heterocycles. The van der Waals surface area contributed by atoms with Crippen molar-refractivity contribution in [2.24, 2.45) is 11.8 Å². The number of carbonyl (C=O) groups excluding carboxylic acids is 1. The monoisotopic (exact) mass is 253 g/mol. The van der Waals surface area contributed by atoms with Gasteiger partial charge in [0.25, 0.3) is 0 Å². The number of hydrogen-bond acceptors (Lipinski definition) is 2. The molecule has 3 nitrogen and oxygen atoms in total. The van der Waals surface area contributed by atoms with E-state index >= 15 is 0 Å². The zero-order chi connectivity index (χ0) is 13.2. The molecule has 0 aromatic rings. The first kappa shape index (κ1) is 13.9. The lowest BCUT2D eigenvalue weighted by Gasteiger charge is -2.34. The Morgan fingerprint density at radius 1 is 1.28 bits per heavy atom. The summed E-state index contributed by atoms with van der Waals surface area (Å²) in [6.07, 6.45) is 7.49. The molecule has 0 heterocycles. The Morgan fingerprint density at radius 3 is 2.56 bits per heavy atom. The Balaban J connectivity index is 1.80. The number of amides is 1. The van der Waals surface area contributed by atoms with Crippen LogP contribution < -0.4 is 5.32 Å². The van der Waals surface area contributed by atoms with Crippen LogP contribution in [0.1, 0.15) is 65.2 Å². The predicted molar refractivity (Wildman–Crippen MR) is 72.1 cm³/mol. The van der Waals surface area contributed by atoms with Crippen LogP contribution in [0, 0.1) is 11.8 Å². The van der Waals surface area contributed by atoms with Gasteiger partial charge in [-0.25, -0.2) is 0 Å². The molecule has 0 spiro atoms. The molecular weight excluding hydrogens is 226 g/mol. The van der Waals surface area contributed by atoms with E-state index in [4.69, 9.17) is 0 Å². The van der Waals surface area contributed by atoms with Crippen LogP contribution in [0.5, 0.6) is 0 Å². The molecule has 18 heavy (non-hydrogen) atoms. The molecule has 1 amide bonds. The molecule has 2 fully saturated rings. The smallest absolute Gasteiger partial charge is 0.223 e. The van der Waals surface area contributed by atoms with E-state index in [0.717, 1.165) is 38.0 Å². The van der Waals surface area contributed by atoms with Crippen molar-refractivity contribution in [1.29, 1.82) is 0 Å². The van der Waals surface area contributed by atoms with Crippen LogP contribution in [0.3, 0.4) is 0 Å². The van der Waals surface area contributed by atoms with Crippen LogP contribution >= 0.6 is 0 Å². The summed E-state index contributed by atoms with van der Waals surface area (Å²) in [5.41, 5.74) is -0.713. The summed E-state index contributed by atoms with van der Waals surface area (Å²) in [6.45, 7) is 4.51. The lowest BCUT2D eigenvalue weighted by Crippen LogP contribution is -2.45. The highest BCUT2D eigenvalue weighted by atomic mass is 16.3. The van der Waals surface area contributed by atoms with E-state index in [1.54, 1.807) is 0 Å². The summed E-state index contributed by atoms with van der Waals surface area (Å²) in [7, 11) is 0. The minimum atomic E-state index is -0.713. The zero-order valence-electron chi connectivity index (χ0n) is 11.7. The van der Waals surface area contributed by atoms with Gasteiger partial charge in [-0.05, 0) is 43.9 Å². The molecule has 0 saturated heterocycles. The molecule has 0 bridgehead atoms. The maximum absolute atomic E-state index is 12.0. The topological polar surface area (TPSA) is 49.3 Å². The molecule has 3 heteroatoms. The third-order valence-corrected chi connectivity index (χ3v) is 4.80. The van der Waals surface area contributed by atoms with E-state index in [-0.39, 0.29) is 5.91 Å². The van der Waals surface area contributed by atoms with Crippen LogP contribution in [-0.2, 0) is 4.79 Å². The first-order chi connectivity index (χ1) is 8.48. The van der Waals surface area contributed by atoms with Crippen molar-refractivity contribution in [3.05, 3.63) is 0 Å². The van der Waals surface area contributed by atoms with E-state index < -0.39 is 5.60 Å². The van der Waals surface area contributed by atoms with Gasteiger partial charge in [-0.1, -0.05) is 26.7 Å². The SMILES string of the molecule is CC1CCC(NC(=O)CC2(O)CCCC2)C(C)C1. The molecule has 2 N–H and O–H groups in total. The van der Waals surface area contributed by atoms with Gasteiger partial charge < -0.3 is 10.4 Å². The summed E-state index contributed by atoms with van der Waals surface area (Å²) in [5.74, 6) is 1.40. The van der Waals surface area contributed by atoms with Gasteiger partial charge in [-0.2, -0.15) is 0 Å². The molecular formula is C15H27NO2. The number of nitrogens with one attached hydrogen (secondary N) is 1. The number of aliphatic hydroxyl groups is 1. The Kier molecular flexibility index (Phi) is 4.31. The Bertz CT molecular complexity index is 297. The highest BCUT2D eigenvalue weighted by Crippen LogP contribution is 2.33. The summed E-state index contributed by atoms with van der Waals surface area (Å²) >= 11 is 0. The molecule has 0 aliphatic heterocycles. The van der Waals surface area contributed by atoms with Crippen molar-refractivity contribution in [2.45, 2.75) is 76.9 Å². The number of rotatable bonds is 3. The molecule has 2 aliphatic rings. The highest BCUT2D eigenvalue weighted by Gasteiger charge is 2.34. The molecule has 104 valence electrons. The van der Waals surface area contributed by atoms with Crippen molar-refractivity contribution in [2.75, 3.05) is 0 Å². The predicted octanol–water partition coefficient (Wildman–Crippen LogP) is 2.62. The van der Waals surface area contributed by atoms with E-state index in [1.165, 1.54) is 12.8 Å². The lowest BCUT2D eigenvalue weighted by atomic mass is 9.79. The van der Waals surface area contributed by atoms with E-state index in [9.17, 15) is 9.90 Å². The number of hydrogen-bond donors (Lipinski definition) is 2.